The van der Waals surface area contributed by atoms with Gasteiger partial charge >= 0.3 is 5.97 Å². The third kappa shape index (κ3) is 3.80. The molecule has 3 N–H and O–H groups in total. The first kappa shape index (κ1) is 17.8. The second-order valence-corrected chi connectivity index (χ2v) is 5.87. The molecular weight excluding hydrogens is 339 g/mol. The van der Waals surface area contributed by atoms with E-state index in [1.807, 2.05) is 0 Å². The van der Waals surface area contributed by atoms with Crippen molar-refractivity contribution in [1.82, 2.24) is 14.8 Å². The van der Waals surface area contributed by atoms with Gasteiger partial charge in [-0.25, -0.2) is 9.18 Å². The third-order valence-electron chi connectivity index (χ3n) is 4.05. The van der Waals surface area contributed by atoms with Crippen molar-refractivity contribution in [2.45, 2.75) is 25.8 Å². The van der Waals surface area contributed by atoms with Gasteiger partial charge < -0.3 is 15.5 Å². The number of hydrogen-bond acceptors (Lipinski definition) is 5. The Hall–Kier alpha value is -3.00. The Balaban J connectivity index is 1.95. The van der Waals surface area contributed by atoms with Crippen LogP contribution in [0.5, 0.6) is 0 Å². The SMILES string of the molecule is O=C(O)c1ccncc1Nc1nn(CCCCCO)c2ccc(F)cc12. The molecule has 0 saturated heterocycles. The number of benzene rings is 1. The highest BCUT2D eigenvalue weighted by molar-refractivity contribution is 5.97. The van der Waals surface area contributed by atoms with Crippen LogP contribution in [0.15, 0.2) is 36.7 Å². The molecule has 7 nitrogen and oxygen atoms in total. The van der Waals surface area contributed by atoms with E-state index in [4.69, 9.17) is 5.11 Å². The van der Waals surface area contributed by atoms with Crippen LogP contribution in [0.2, 0.25) is 0 Å². The van der Waals surface area contributed by atoms with Crippen molar-refractivity contribution in [3.8, 4) is 0 Å². The van der Waals surface area contributed by atoms with Gasteiger partial charge in [-0.2, -0.15) is 5.10 Å². The van der Waals surface area contributed by atoms with Crippen LogP contribution in [-0.4, -0.2) is 37.6 Å². The van der Waals surface area contributed by atoms with E-state index in [9.17, 15) is 14.3 Å². The van der Waals surface area contributed by atoms with Crippen molar-refractivity contribution in [3.05, 3.63) is 48.0 Å². The fourth-order valence-corrected chi connectivity index (χ4v) is 2.77. The largest absolute Gasteiger partial charge is 0.478 e. The Morgan fingerprint density at radius 2 is 2.08 bits per heavy atom. The van der Waals surface area contributed by atoms with E-state index in [2.05, 4.69) is 15.4 Å². The molecule has 0 radical (unpaired) electrons. The van der Waals surface area contributed by atoms with E-state index in [0.29, 0.717) is 17.7 Å². The first-order valence-corrected chi connectivity index (χ1v) is 8.31. The molecular formula is C18H19FN4O3. The minimum Gasteiger partial charge on any atom is -0.478 e. The predicted octanol–water partition coefficient (Wildman–Crippen LogP) is 3.17. The second-order valence-electron chi connectivity index (χ2n) is 5.87. The number of aryl methyl sites for hydroxylation is 1. The summed E-state index contributed by atoms with van der Waals surface area (Å²) in [4.78, 5) is 15.3. The lowest BCUT2D eigenvalue weighted by Gasteiger charge is -2.06. The van der Waals surface area contributed by atoms with E-state index in [0.717, 1.165) is 24.8 Å². The maximum absolute atomic E-state index is 13.7. The number of aliphatic hydroxyl groups excluding tert-OH is 1. The molecule has 0 saturated carbocycles. The number of nitrogens with one attached hydrogen (secondary N) is 1. The van der Waals surface area contributed by atoms with Crippen LogP contribution in [0.3, 0.4) is 0 Å². The number of rotatable bonds is 8. The van der Waals surface area contributed by atoms with Gasteiger partial charge in [0.15, 0.2) is 5.82 Å². The van der Waals surface area contributed by atoms with Gasteiger partial charge in [0.25, 0.3) is 0 Å². The molecule has 136 valence electrons. The highest BCUT2D eigenvalue weighted by Gasteiger charge is 2.15. The van der Waals surface area contributed by atoms with Crippen molar-refractivity contribution < 1.29 is 19.4 Å². The summed E-state index contributed by atoms with van der Waals surface area (Å²) in [5.74, 6) is -1.11. The van der Waals surface area contributed by atoms with Gasteiger partial charge in [0.1, 0.15) is 5.82 Å². The molecule has 0 fully saturated rings. The first-order chi connectivity index (χ1) is 12.6. The molecule has 8 heteroatoms. The number of hydrogen-bond donors (Lipinski definition) is 3. The number of aliphatic hydroxyl groups is 1. The van der Waals surface area contributed by atoms with E-state index in [1.165, 1.54) is 30.6 Å². The van der Waals surface area contributed by atoms with Crippen molar-refractivity contribution in [2.75, 3.05) is 11.9 Å². The fraction of sp³-hybridized carbons (Fsp3) is 0.278. The second kappa shape index (κ2) is 7.92. The number of carbonyl (C=O) groups is 1. The summed E-state index contributed by atoms with van der Waals surface area (Å²) < 4.78 is 15.5. The maximum atomic E-state index is 13.7. The zero-order chi connectivity index (χ0) is 18.5. The van der Waals surface area contributed by atoms with Gasteiger partial charge in [0, 0.05) is 24.7 Å². The zero-order valence-corrected chi connectivity index (χ0v) is 14.0. The van der Waals surface area contributed by atoms with Crippen LogP contribution in [0.4, 0.5) is 15.9 Å². The molecule has 0 bridgehead atoms. The molecule has 3 rings (SSSR count). The number of aromatic carboxylic acids is 1. The van der Waals surface area contributed by atoms with Crippen LogP contribution in [0, 0.1) is 5.82 Å². The molecule has 2 aromatic heterocycles. The molecule has 0 atom stereocenters. The highest BCUT2D eigenvalue weighted by Crippen LogP contribution is 2.28. The molecule has 2 heterocycles. The van der Waals surface area contributed by atoms with Crippen molar-refractivity contribution in [1.29, 1.82) is 0 Å². The number of pyridine rings is 1. The Labute approximate surface area is 149 Å². The number of anilines is 2. The molecule has 26 heavy (non-hydrogen) atoms. The molecule has 0 aliphatic rings. The molecule has 0 spiro atoms. The van der Waals surface area contributed by atoms with Gasteiger partial charge in [0.05, 0.1) is 23.0 Å². The summed E-state index contributed by atoms with van der Waals surface area (Å²) in [6.07, 6.45) is 5.19. The van der Waals surface area contributed by atoms with Crippen LogP contribution in [0.25, 0.3) is 10.9 Å². The van der Waals surface area contributed by atoms with Crippen molar-refractivity contribution in [2.24, 2.45) is 0 Å². The number of fused-ring (bicyclic) bond motifs is 1. The van der Waals surface area contributed by atoms with Crippen molar-refractivity contribution >= 4 is 28.4 Å². The smallest absolute Gasteiger partial charge is 0.337 e. The summed E-state index contributed by atoms with van der Waals surface area (Å²) in [5, 5.41) is 26.2. The minimum atomic E-state index is -1.09. The molecule has 1 aromatic carbocycles. The van der Waals surface area contributed by atoms with E-state index >= 15 is 0 Å². The van der Waals surface area contributed by atoms with Crippen molar-refractivity contribution in [3.63, 3.8) is 0 Å². The Kier molecular flexibility index (Phi) is 5.43. The van der Waals surface area contributed by atoms with Gasteiger partial charge in [-0.05, 0) is 43.5 Å². The summed E-state index contributed by atoms with van der Waals surface area (Å²) in [6, 6.07) is 5.77. The molecule has 3 aromatic rings. The number of nitrogens with zero attached hydrogens (tertiary/aromatic N) is 3. The van der Waals surface area contributed by atoms with Crippen LogP contribution < -0.4 is 5.32 Å². The Morgan fingerprint density at radius 3 is 2.85 bits per heavy atom. The van der Waals surface area contributed by atoms with Gasteiger partial charge in [0.2, 0.25) is 0 Å². The fourth-order valence-electron chi connectivity index (χ4n) is 2.77. The standard InChI is InChI=1S/C18H19FN4O3/c19-12-4-5-16-14(10-12)17(22-23(16)8-2-1-3-9-24)21-15-11-20-7-6-13(15)18(25)26/h4-7,10-11,24H,1-3,8-9H2,(H,21,22)(H,25,26). The minimum absolute atomic E-state index is 0.0575. The van der Waals surface area contributed by atoms with Gasteiger partial charge in [-0.15, -0.1) is 0 Å². The first-order valence-electron chi connectivity index (χ1n) is 8.31. The molecule has 0 amide bonds. The Bertz CT molecular complexity index is 926. The number of carboxylic acids is 1. The number of unbranched alkanes of at least 4 members (excludes halogenated alkanes) is 2. The topological polar surface area (TPSA) is 100 Å². The average molecular weight is 358 g/mol. The Morgan fingerprint density at radius 1 is 1.23 bits per heavy atom. The molecule has 0 unspecified atom stereocenters. The summed E-state index contributed by atoms with van der Waals surface area (Å²) >= 11 is 0. The summed E-state index contributed by atoms with van der Waals surface area (Å²) in [5.41, 5.74) is 1.09. The third-order valence-corrected chi connectivity index (χ3v) is 4.05. The van der Waals surface area contributed by atoms with Crippen LogP contribution in [0.1, 0.15) is 29.6 Å². The lowest BCUT2D eigenvalue weighted by molar-refractivity contribution is 0.0698. The van der Waals surface area contributed by atoms with Gasteiger partial charge in [-0.3, -0.25) is 9.67 Å². The summed E-state index contributed by atoms with van der Waals surface area (Å²) in [6.45, 7) is 0.763. The average Bonchev–Trinajstić information content (AvgIpc) is 2.96. The highest BCUT2D eigenvalue weighted by atomic mass is 19.1. The molecule has 0 aliphatic heterocycles. The van der Waals surface area contributed by atoms with E-state index in [-0.39, 0.29) is 17.9 Å². The lowest BCUT2D eigenvalue weighted by Crippen LogP contribution is -2.05. The lowest BCUT2D eigenvalue weighted by atomic mass is 10.2. The molecule has 0 aliphatic carbocycles. The number of carboxylic acid groups (broad SMARTS) is 1. The quantitative estimate of drug-likeness (QED) is 0.535. The monoisotopic (exact) mass is 358 g/mol. The van der Waals surface area contributed by atoms with Crippen LogP contribution >= 0.6 is 0 Å². The number of halogens is 1. The van der Waals surface area contributed by atoms with Gasteiger partial charge in [-0.1, -0.05) is 0 Å². The maximum Gasteiger partial charge on any atom is 0.337 e. The predicted molar refractivity (Wildman–Crippen MR) is 95.1 cm³/mol. The normalized spacial score (nSPS) is 11.0. The zero-order valence-electron chi connectivity index (χ0n) is 14.0. The van der Waals surface area contributed by atoms with E-state index in [1.54, 1.807) is 10.7 Å². The van der Waals surface area contributed by atoms with Crippen LogP contribution in [-0.2, 0) is 6.54 Å². The van der Waals surface area contributed by atoms with E-state index < -0.39 is 11.8 Å². The summed E-state index contributed by atoms with van der Waals surface area (Å²) in [7, 11) is 0. The number of aromatic nitrogens is 3.